The fourth-order valence-electron chi connectivity index (χ4n) is 4.92. The Morgan fingerprint density at radius 2 is 1.52 bits per heavy atom. The number of ether oxygens (including phenoxy) is 4. The van der Waals surface area contributed by atoms with Crippen molar-refractivity contribution < 1.29 is 33.6 Å². The Hall–Kier alpha value is -1.02. The molecule has 3 aliphatic rings. The van der Waals surface area contributed by atoms with Crippen molar-refractivity contribution in [2.24, 2.45) is 0 Å². The fraction of sp³-hybridized carbons (Fsp3) is 0.909. The smallest absolute Gasteiger partial charge is 0.303 e. The quantitative estimate of drug-likeness (QED) is 0.671. The molecule has 0 radical (unpaired) electrons. The van der Waals surface area contributed by atoms with Crippen molar-refractivity contribution in [3.63, 3.8) is 0 Å². The van der Waals surface area contributed by atoms with E-state index in [1.807, 2.05) is 6.92 Å². The number of carbonyl (C=O) groups is 2. The van der Waals surface area contributed by atoms with Crippen molar-refractivity contribution in [2.75, 3.05) is 6.61 Å². The zero-order valence-corrected chi connectivity index (χ0v) is 18.6. The van der Waals surface area contributed by atoms with Gasteiger partial charge in [-0.15, -0.1) is 0 Å². The molecule has 0 amide bonds. The van der Waals surface area contributed by atoms with E-state index < -0.39 is 28.4 Å². The highest BCUT2D eigenvalue weighted by Crippen LogP contribution is 2.48. The monoisotopic (exact) mass is 412 g/mol. The highest BCUT2D eigenvalue weighted by Gasteiger charge is 2.56. The Morgan fingerprint density at radius 1 is 0.966 bits per heavy atom. The van der Waals surface area contributed by atoms with E-state index >= 15 is 0 Å². The average molecular weight is 413 g/mol. The van der Waals surface area contributed by atoms with Crippen molar-refractivity contribution >= 4 is 11.8 Å². The van der Waals surface area contributed by atoms with Gasteiger partial charge in [0.2, 0.25) is 5.78 Å². The van der Waals surface area contributed by atoms with Crippen molar-refractivity contribution in [2.45, 2.75) is 121 Å². The third-order valence-electron chi connectivity index (χ3n) is 7.06. The van der Waals surface area contributed by atoms with Crippen molar-refractivity contribution in [3.05, 3.63) is 0 Å². The molecule has 0 aromatic rings. The molecule has 6 unspecified atom stereocenters. The second-order valence-electron chi connectivity index (χ2n) is 10.1. The molecular weight excluding hydrogens is 376 g/mol. The largest absolute Gasteiger partial charge is 0.458 e. The van der Waals surface area contributed by atoms with E-state index in [9.17, 15) is 14.7 Å². The van der Waals surface area contributed by atoms with Crippen molar-refractivity contribution in [1.29, 1.82) is 0 Å². The van der Waals surface area contributed by atoms with Gasteiger partial charge in [0, 0.05) is 6.92 Å². The predicted molar refractivity (Wildman–Crippen MR) is 105 cm³/mol. The summed E-state index contributed by atoms with van der Waals surface area (Å²) in [7, 11) is 0. The molecule has 0 saturated carbocycles. The van der Waals surface area contributed by atoms with Crippen LogP contribution in [0, 0.1) is 0 Å². The summed E-state index contributed by atoms with van der Waals surface area (Å²) in [4.78, 5) is 23.5. The summed E-state index contributed by atoms with van der Waals surface area (Å²) in [5, 5.41) is 10.3. The highest BCUT2D eigenvalue weighted by atomic mass is 16.6. The minimum absolute atomic E-state index is 0.0768. The summed E-state index contributed by atoms with van der Waals surface area (Å²) in [6.07, 6.45) is 4.14. The lowest BCUT2D eigenvalue weighted by Gasteiger charge is -2.37. The lowest BCUT2D eigenvalue weighted by Crippen LogP contribution is -2.47. The number of ketones is 1. The summed E-state index contributed by atoms with van der Waals surface area (Å²) in [6.45, 7) is 10.5. The topological polar surface area (TPSA) is 91.3 Å². The van der Waals surface area contributed by atoms with Crippen LogP contribution in [-0.4, -0.2) is 64.2 Å². The Bertz CT molecular complexity index is 656. The van der Waals surface area contributed by atoms with Crippen LogP contribution in [0.3, 0.4) is 0 Å². The van der Waals surface area contributed by atoms with Crippen LogP contribution in [-0.2, 0) is 28.5 Å². The van der Waals surface area contributed by atoms with E-state index in [4.69, 9.17) is 18.9 Å². The van der Waals surface area contributed by atoms with Gasteiger partial charge in [-0.2, -0.15) is 0 Å². The van der Waals surface area contributed by atoms with Crippen LogP contribution >= 0.6 is 0 Å². The van der Waals surface area contributed by atoms with Crippen LogP contribution in [0.2, 0.25) is 0 Å². The molecule has 29 heavy (non-hydrogen) atoms. The zero-order valence-electron chi connectivity index (χ0n) is 18.6. The van der Waals surface area contributed by atoms with Crippen LogP contribution in [0.15, 0.2) is 0 Å². The molecule has 0 aromatic carbocycles. The number of rotatable bonds is 6. The molecule has 3 heterocycles. The average Bonchev–Trinajstić information content (AvgIpc) is 3.31. The van der Waals surface area contributed by atoms with Crippen molar-refractivity contribution in [3.8, 4) is 0 Å². The Labute approximate surface area is 173 Å². The van der Waals surface area contributed by atoms with Gasteiger partial charge in [-0.25, -0.2) is 0 Å². The molecule has 0 aromatic heterocycles. The normalized spacial score (nSPS) is 42.9. The van der Waals surface area contributed by atoms with Gasteiger partial charge in [0.25, 0.3) is 0 Å². The minimum atomic E-state index is -0.954. The number of hydrogen-bond acceptors (Lipinski definition) is 7. The molecule has 0 spiro atoms. The molecule has 166 valence electrons. The summed E-state index contributed by atoms with van der Waals surface area (Å²) >= 11 is 0. The van der Waals surface area contributed by atoms with Crippen LogP contribution in [0.4, 0.5) is 0 Å². The standard InChI is InChI=1S/C22H36O7/c1-14(23)26-13-15(24)20(4)10-8-17(28-20)22(6)12-9-18(29-22)21(5)11-7-16(27-21)19(2,3)25/h16-18,25H,7-13H2,1-6H3. The molecule has 3 aliphatic heterocycles. The predicted octanol–water partition coefficient (Wildman–Crippen LogP) is 2.70. The minimum Gasteiger partial charge on any atom is -0.458 e. The second-order valence-corrected chi connectivity index (χ2v) is 10.1. The summed E-state index contributed by atoms with van der Waals surface area (Å²) in [6, 6.07) is 0. The van der Waals surface area contributed by atoms with Gasteiger partial charge in [0.15, 0.2) is 6.61 Å². The Morgan fingerprint density at radius 3 is 2.10 bits per heavy atom. The summed E-state index contributed by atoms with van der Waals surface area (Å²) in [5.74, 6) is -0.688. The maximum absolute atomic E-state index is 12.5. The third kappa shape index (κ3) is 4.53. The first-order valence-electron chi connectivity index (χ1n) is 10.7. The van der Waals surface area contributed by atoms with Gasteiger partial charge >= 0.3 is 5.97 Å². The molecule has 3 saturated heterocycles. The van der Waals surface area contributed by atoms with Crippen LogP contribution in [0.25, 0.3) is 0 Å². The first-order chi connectivity index (χ1) is 13.3. The molecule has 3 fully saturated rings. The molecule has 1 N–H and O–H groups in total. The van der Waals surface area contributed by atoms with E-state index in [1.165, 1.54) is 6.92 Å². The van der Waals surface area contributed by atoms with Crippen LogP contribution in [0.1, 0.15) is 80.1 Å². The van der Waals surface area contributed by atoms with Crippen molar-refractivity contribution in [1.82, 2.24) is 0 Å². The second kappa shape index (κ2) is 7.59. The van der Waals surface area contributed by atoms with E-state index in [-0.39, 0.29) is 30.7 Å². The molecule has 7 heteroatoms. The number of aliphatic hydroxyl groups is 1. The third-order valence-corrected chi connectivity index (χ3v) is 7.06. The molecule has 0 aliphatic carbocycles. The summed E-state index contributed by atoms with van der Waals surface area (Å²) in [5.41, 5.74) is -2.76. The SMILES string of the molecule is CC(=O)OCC(=O)C1(C)CCC(C2(C)CCC(C3(C)CCC(C(C)(C)O)O3)O2)O1. The lowest BCUT2D eigenvalue weighted by atomic mass is 9.89. The first-order valence-corrected chi connectivity index (χ1v) is 10.7. The first kappa shape index (κ1) is 22.7. The molecule has 7 nitrogen and oxygen atoms in total. The zero-order chi connectivity index (χ0) is 21.7. The van der Waals surface area contributed by atoms with E-state index in [1.54, 1.807) is 20.8 Å². The molecule has 0 bridgehead atoms. The molecule has 6 atom stereocenters. The van der Waals surface area contributed by atoms with Crippen LogP contribution < -0.4 is 0 Å². The highest BCUT2D eigenvalue weighted by molar-refractivity contribution is 5.89. The maximum atomic E-state index is 12.5. The number of hydrogen-bond donors (Lipinski definition) is 1. The van der Waals surface area contributed by atoms with Gasteiger partial charge in [-0.1, -0.05) is 0 Å². The maximum Gasteiger partial charge on any atom is 0.303 e. The Balaban J connectivity index is 1.62. The lowest BCUT2D eigenvalue weighted by molar-refractivity contribution is -0.200. The van der Waals surface area contributed by atoms with E-state index in [0.717, 1.165) is 32.1 Å². The molecular formula is C22H36O7. The van der Waals surface area contributed by atoms with Gasteiger partial charge in [-0.05, 0) is 73.1 Å². The van der Waals surface area contributed by atoms with Gasteiger partial charge in [0.1, 0.15) is 5.60 Å². The van der Waals surface area contributed by atoms with E-state index in [0.29, 0.717) is 6.42 Å². The summed E-state index contributed by atoms with van der Waals surface area (Å²) < 4.78 is 23.9. The fourth-order valence-corrected chi connectivity index (χ4v) is 4.92. The van der Waals surface area contributed by atoms with Gasteiger partial charge < -0.3 is 24.1 Å². The van der Waals surface area contributed by atoms with Gasteiger partial charge in [-0.3, -0.25) is 9.59 Å². The number of carbonyl (C=O) groups excluding carboxylic acids is 2. The van der Waals surface area contributed by atoms with Crippen LogP contribution in [0.5, 0.6) is 0 Å². The molecule has 3 rings (SSSR count). The Kier molecular flexibility index (Phi) is 5.93. The number of esters is 1. The van der Waals surface area contributed by atoms with E-state index in [2.05, 4.69) is 6.92 Å². The number of Topliss-reactive ketones (excluding diaryl/α,β-unsaturated/α-hetero) is 1. The van der Waals surface area contributed by atoms with Gasteiger partial charge in [0.05, 0.1) is 35.1 Å².